The zero-order chi connectivity index (χ0) is 17.9. The highest BCUT2D eigenvalue weighted by Gasteiger charge is 2.45. The predicted molar refractivity (Wildman–Crippen MR) is 92.3 cm³/mol. The predicted octanol–water partition coefficient (Wildman–Crippen LogP) is 1.87. The van der Waals surface area contributed by atoms with E-state index in [-0.39, 0.29) is 12.0 Å². The molecule has 1 aromatic rings. The van der Waals surface area contributed by atoms with E-state index in [1.54, 1.807) is 23.6 Å². The van der Waals surface area contributed by atoms with Gasteiger partial charge in [-0.1, -0.05) is 35.5 Å². The molecule has 3 rings (SSSR count). The monoisotopic (exact) mass is 345 g/mol. The molecule has 2 aliphatic rings. The van der Waals surface area contributed by atoms with Crippen LogP contribution in [0, 0.1) is 0 Å². The summed E-state index contributed by atoms with van der Waals surface area (Å²) in [4.78, 5) is 33.5. The summed E-state index contributed by atoms with van der Waals surface area (Å²) in [5.74, 6) is -0.0920. The second-order valence-electron chi connectivity index (χ2n) is 6.38. The molecule has 0 N–H and O–H groups in total. The molecular weight excluding hydrogens is 322 g/mol. The number of carbonyl (C=O) groups excluding carboxylic acids is 2. The summed E-state index contributed by atoms with van der Waals surface area (Å²) in [6, 6.07) is 9.72. The lowest BCUT2D eigenvalue weighted by Gasteiger charge is -2.37. The fourth-order valence-corrected chi connectivity index (χ4v) is 3.08. The van der Waals surface area contributed by atoms with E-state index in [2.05, 4.69) is 5.16 Å². The highest BCUT2D eigenvalue weighted by Crippen LogP contribution is 2.29. The number of piperazine rings is 1. The van der Waals surface area contributed by atoms with E-state index < -0.39 is 5.60 Å². The van der Waals surface area contributed by atoms with Gasteiger partial charge in [0.15, 0.2) is 0 Å². The molecule has 0 unspecified atom stereocenters. The number of amides is 2. The Kier molecular flexibility index (Phi) is 4.92. The second kappa shape index (κ2) is 7.13. The van der Waals surface area contributed by atoms with Crippen molar-refractivity contribution in [2.75, 3.05) is 32.8 Å². The van der Waals surface area contributed by atoms with Gasteiger partial charge in [0, 0.05) is 32.6 Å². The van der Waals surface area contributed by atoms with E-state index in [0.29, 0.717) is 39.2 Å². The van der Waals surface area contributed by atoms with Crippen molar-refractivity contribution in [3.63, 3.8) is 0 Å². The van der Waals surface area contributed by atoms with Gasteiger partial charge in [0.1, 0.15) is 0 Å². The average Bonchev–Trinajstić information content (AvgIpc) is 3.06. The second-order valence-corrected chi connectivity index (χ2v) is 6.38. The number of ether oxygens (including phenoxy) is 1. The van der Waals surface area contributed by atoms with Gasteiger partial charge in [-0.2, -0.15) is 0 Å². The summed E-state index contributed by atoms with van der Waals surface area (Å²) < 4.78 is 5.00. The third kappa shape index (κ3) is 3.60. The first-order valence-corrected chi connectivity index (χ1v) is 8.55. The fraction of sp³-hybridized carbons (Fsp3) is 0.500. The van der Waals surface area contributed by atoms with Crippen LogP contribution in [0.5, 0.6) is 0 Å². The summed E-state index contributed by atoms with van der Waals surface area (Å²) in [5, 5.41) is 4.13. The Morgan fingerprint density at radius 3 is 2.44 bits per heavy atom. The molecule has 25 heavy (non-hydrogen) atoms. The van der Waals surface area contributed by atoms with Crippen LogP contribution in [0.2, 0.25) is 0 Å². The zero-order valence-electron chi connectivity index (χ0n) is 14.6. The van der Waals surface area contributed by atoms with Crippen LogP contribution in [-0.4, -0.2) is 65.9 Å². The van der Waals surface area contributed by atoms with Crippen molar-refractivity contribution in [2.45, 2.75) is 25.9 Å². The molecule has 1 fully saturated rings. The standard InChI is InChI=1S/C18H23N3O4/c1-3-24-17(23)21-11-9-20(10-12-21)16(22)18(2)13-15(19-25-18)14-7-5-4-6-8-14/h4-8H,3,9-13H2,1-2H3/t18-/m1/s1. The van der Waals surface area contributed by atoms with Gasteiger partial charge in [-0.15, -0.1) is 0 Å². The van der Waals surface area contributed by atoms with Crippen molar-refractivity contribution in [3.05, 3.63) is 35.9 Å². The average molecular weight is 345 g/mol. The minimum atomic E-state index is -0.989. The third-order valence-corrected chi connectivity index (χ3v) is 4.51. The minimum absolute atomic E-state index is 0.0920. The maximum atomic E-state index is 12.9. The fourth-order valence-electron chi connectivity index (χ4n) is 3.08. The van der Waals surface area contributed by atoms with Gasteiger partial charge in [-0.3, -0.25) is 4.79 Å². The van der Waals surface area contributed by atoms with Gasteiger partial charge in [0.25, 0.3) is 5.91 Å². The first kappa shape index (κ1) is 17.3. The topological polar surface area (TPSA) is 71.4 Å². The summed E-state index contributed by atoms with van der Waals surface area (Å²) in [5.41, 5.74) is 0.754. The lowest BCUT2D eigenvalue weighted by molar-refractivity contribution is -0.154. The number of rotatable bonds is 3. The van der Waals surface area contributed by atoms with Crippen LogP contribution in [0.25, 0.3) is 0 Å². The number of benzene rings is 1. The molecule has 0 aromatic heterocycles. The minimum Gasteiger partial charge on any atom is -0.450 e. The van der Waals surface area contributed by atoms with Crippen LogP contribution < -0.4 is 0 Å². The summed E-state index contributed by atoms with van der Waals surface area (Å²) in [6.45, 7) is 5.77. The van der Waals surface area contributed by atoms with Crippen LogP contribution in [0.15, 0.2) is 35.5 Å². The number of nitrogens with zero attached hydrogens (tertiary/aromatic N) is 3. The van der Waals surface area contributed by atoms with Gasteiger partial charge >= 0.3 is 6.09 Å². The van der Waals surface area contributed by atoms with Gasteiger partial charge in [0.2, 0.25) is 5.60 Å². The molecule has 0 bridgehead atoms. The largest absolute Gasteiger partial charge is 0.450 e. The SMILES string of the molecule is CCOC(=O)N1CCN(C(=O)[C@@]2(C)CC(c3ccccc3)=NO2)CC1. The van der Waals surface area contributed by atoms with Gasteiger partial charge in [-0.25, -0.2) is 4.79 Å². The molecule has 0 aliphatic carbocycles. The van der Waals surface area contributed by atoms with Gasteiger partial charge in [0.05, 0.1) is 12.3 Å². The molecular formula is C18H23N3O4. The number of carbonyl (C=O) groups is 2. The lowest BCUT2D eigenvalue weighted by atomic mass is 9.94. The van der Waals surface area contributed by atoms with E-state index in [9.17, 15) is 9.59 Å². The summed E-state index contributed by atoms with van der Waals surface area (Å²) >= 11 is 0. The van der Waals surface area contributed by atoms with Crippen molar-refractivity contribution in [3.8, 4) is 0 Å². The smallest absolute Gasteiger partial charge is 0.409 e. The molecule has 1 aromatic carbocycles. The first-order chi connectivity index (χ1) is 12.0. The maximum Gasteiger partial charge on any atom is 0.409 e. The Hall–Kier alpha value is -2.57. The number of hydrogen-bond acceptors (Lipinski definition) is 5. The molecule has 0 radical (unpaired) electrons. The summed E-state index contributed by atoms with van der Waals surface area (Å²) in [6.07, 6.45) is 0.112. The van der Waals surface area contributed by atoms with Crippen molar-refractivity contribution < 1.29 is 19.2 Å². The molecule has 2 aliphatic heterocycles. The lowest BCUT2D eigenvalue weighted by Crippen LogP contribution is -2.56. The van der Waals surface area contributed by atoms with Crippen LogP contribution in [-0.2, 0) is 14.4 Å². The maximum absolute atomic E-state index is 12.9. The molecule has 0 spiro atoms. The van der Waals surface area contributed by atoms with Gasteiger partial charge < -0.3 is 19.4 Å². The molecule has 2 amide bonds. The highest BCUT2D eigenvalue weighted by atomic mass is 16.7. The van der Waals surface area contributed by atoms with Crippen molar-refractivity contribution in [1.82, 2.24) is 9.80 Å². The van der Waals surface area contributed by atoms with Crippen molar-refractivity contribution >= 4 is 17.7 Å². The molecule has 7 nitrogen and oxygen atoms in total. The first-order valence-electron chi connectivity index (χ1n) is 8.55. The van der Waals surface area contributed by atoms with E-state index in [1.807, 2.05) is 30.3 Å². The molecule has 1 atom stereocenters. The molecule has 134 valence electrons. The van der Waals surface area contributed by atoms with Crippen LogP contribution >= 0.6 is 0 Å². The Labute approximate surface area is 147 Å². The van der Waals surface area contributed by atoms with E-state index in [1.165, 1.54) is 0 Å². The van der Waals surface area contributed by atoms with Crippen LogP contribution in [0.1, 0.15) is 25.8 Å². The summed E-state index contributed by atoms with van der Waals surface area (Å²) in [7, 11) is 0. The van der Waals surface area contributed by atoms with Crippen LogP contribution in [0.4, 0.5) is 4.79 Å². The van der Waals surface area contributed by atoms with Gasteiger partial charge in [-0.05, 0) is 19.4 Å². The molecule has 0 saturated carbocycles. The van der Waals surface area contributed by atoms with Crippen LogP contribution in [0.3, 0.4) is 0 Å². The Morgan fingerprint density at radius 2 is 1.80 bits per heavy atom. The van der Waals surface area contributed by atoms with Crippen molar-refractivity contribution in [2.24, 2.45) is 5.16 Å². The Morgan fingerprint density at radius 1 is 1.16 bits per heavy atom. The molecule has 1 saturated heterocycles. The van der Waals surface area contributed by atoms with E-state index >= 15 is 0 Å². The number of oxime groups is 1. The van der Waals surface area contributed by atoms with Crippen molar-refractivity contribution in [1.29, 1.82) is 0 Å². The Bertz CT molecular complexity index is 668. The highest BCUT2D eigenvalue weighted by molar-refractivity contribution is 6.05. The molecule has 7 heteroatoms. The van der Waals surface area contributed by atoms with E-state index in [4.69, 9.17) is 9.57 Å². The zero-order valence-corrected chi connectivity index (χ0v) is 14.6. The normalized spacial score (nSPS) is 23.0. The Balaban J connectivity index is 1.58. The number of hydrogen-bond donors (Lipinski definition) is 0. The van der Waals surface area contributed by atoms with E-state index in [0.717, 1.165) is 11.3 Å². The molecule has 2 heterocycles. The quantitative estimate of drug-likeness (QED) is 0.838. The third-order valence-electron chi connectivity index (χ3n) is 4.51.